The molecule has 0 radical (unpaired) electrons. The Morgan fingerprint density at radius 1 is 1.38 bits per heavy atom. The van der Waals surface area contributed by atoms with E-state index in [1.807, 2.05) is 30.5 Å². The summed E-state index contributed by atoms with van der Waals surface area (Å²) in [5.74, 6) is 0.601. The topological polar surface area (TPSA) is 66.8 Å². The number of rotatable bonds is 4. The van der Waals surface area contributed by atoms with Gasteiger partial charge in [-0.3, -0.25) is 14.6 Å². The second-order valence-electron chi connectivity index (χ2n) is 6.93. The van der Waals surface area contributed by atoms with E-state index in [9.17, 15) is 4.79 Å². The highest BCUT2D eigenvalue weighted by Gasteiger charge is 2.26. The predicted octanol–water partition coefficient (Wildman–Crippen LogP) is 2.41. The van der Waals surface area contributed by atoms with Gasteiger partial charge in [0.1, 0.15) is 0 Å². The molecule has 1 aliphatic rings. The molecule has 1 amide bonds. The molecule has 2 aromatic rings. The maximum absolute atomic E-state index is 12.7. The maximum atomic E-state index is 12.7. The molecule has 0 unspecified atom stereocenters. The van der Waals surface area contributed by atoms with E-state index >= 15 is 0 Å². The Labute approximate surface area is 143 Å². The van der Waals surface area contributed by atoms with Crippen LogP contribution in [0.4, 0.5) is 0 Å². The molecule has 0 saturated carbocycles. The van der Waals surface area contributed by atoms with Crippen LogP contribution in [0.1, 0.15) is 53.5 Å². The first-order chi connectivity index (χ1) is 11.5. The number of aryl methyl sites for hydroxylation is 3. The Hall–Kier alpha value is -2.11. The summed E-state index contributed by atoms with van der Waals surface area (Å²) in [6.45, 7) is 7.75. The minimum absolute atomic E-state index is 0.245. The summed E-state index contributed by atoms with van der Waals surface area (Å²) in [4.78, 5) is 14.7. The van der Waals surface area contributed by atoms with Crippen molar-refractivity contribution in [2.24, 2.45) is 7.05 Å². The van der Waals surface area contributed by atoms with Gasteiger partial charge in [0.05, 0.1) is 11.4 Å². The van der Waals surface area contributed by atoms with E-state index in [1.165, 1.54) is 5.56 Å². The summed E-state index contributed by atoms with van der Waals surface area (Å²) >= 11 is 0. The number of amides is 1. The highest BCUT2D eigenvalue weighted by molar-refractivity contribution is 5.76. The van der Waals surface area contributed by atoms with Gasteiger partial charge in [-0.15, -0.1) is 0 Å². The number of nitrogens with one attached hydrogen (secondary N) is 1. The molecule has 1 aliphatic heterocycles. The second-order valence-corrected chi connectivity index (χ2v) is 6.93. The van der Waals surface area contributed by atoms with Gasteiger partial charge >= 0.3 is 0 Å². The van der Waals surface area contributed by atoms with Gasteiger partial charge in [-0.1, -0.05) is 0 Å². The quantitative estimate of drug-likeness (QED) is 0.936. The molecule has 6 heteroatoms. The monoisotopic (exact) mass is 329 g/mol. The van der Waals surface area contributed by atoms with Gasteiger partial charge in [-0.25, -0.2) is 0 Å². The summed E-state index contributed by atoms with van der Waals surface area (Å²) in [5.41, 5.74) is 5.57. The van der Waals surface area contributed by atoms with E-state index in [2.05, 4.69) is 28.3 Å². The summed E-state index contributed by atoms with van der Waals surface area (Å²) in [6.07, 6.45) is 3.48. The average molecular weight is 329 g/mol. The van der Waals surface area contributed by atoms with Crippen LogP contribution in [0.15, 0.2) is 6.07 Å². The summed E-state index contributed by atoms with van der Waals surface area (Å²) in [7, 11) is 1.95. The van der Waals surface area contributed by atoms with Gasteiger partial charge in [0.15, 0.2) is 0 Å². The van der Waals surface area contributed by atoms with Gasteiger partial charge in [-0.2, -0.15) is 10.2 Å². The number of H-pyrrole nitrogens is 1. The third kappa shape index (κ3) is 3.37. The number of aromatic amines is 1. The predicted molar refractivity (Wildman–Crippen MR) is 92.9 cm³/mol. The fraction of sp³-hybridized carbons (Fsp3) is 0.611. The van der Waals surface area contributed by atoms with E-state index in [4.69, 9.17) is 0 Å². The zero-order valence-electron chi connectivity index (χ0n) is 15.1. The molecule has 1 atom stereocenters. The third-order valence-corrected chi connectivity index (χ3v) is 5.17. The Bertz CT molecular complexity index is 730. The highest BCUT2D eigenvalue weighted by atomic mass is 16.2. The largest absolute Gasteiger partial charge is 0.342 e. The first kappa shape index (κ1) is 16.7. The van der Waals surface area contributed by atoms with Gasteiger partial charge in [0, 0.05) is 43.9 Å². The number of hydrogen-bond acceptors (Lipinski definition) is 3. The standard InChI is InChI=1S/C18H27N5O/c1-12-10-17(20-19-12)15-6-5-9-23(11-15)18(24)8-7-16-13(2)21-22(4)14(16)3/h10,15H,5-9,11H2,1-4H3,(H,19,20)/t15-/m0/s1. The zero-order chi connectivity index (χ0) is 17.3. The van der Waals surface area contributed by atoms with Crippen LogP contribution in [-0.2, 0) is 18.3 Å². The molecule has 0 aromatic carbocycles. The van der Waals surface area contributed by atoms with Crippen LogP contribution in [0.5, 0.6) is 0 Å². The van der Waals surface area contributed by atoms with Crippen LogP contribution in [0.25, 0.3) is 0 Å². The molecule has 0 aliphatic carbocycles. The van der Waals surface area contributed by atoms with Crippen molar-refractivity contribution >= 4 is 5.91 Å². The lowest BCUT2D eigenvalue weighted by Gasteiger charge is -2.32. The summed E-state index contributed by atoms with van der Waals surface area (Å²) in [6, 6.07) is 2.10. The molecular weight excluding hydrogens is 302 g/mol. The van der Waals surface area contributed by atoms with Crippen molar-refractivity contribution in [3.63, 3.8) is 0 Å². The Morgan fingerprint density at radius 2 is 2.17 bits per heavy atom. The second kappa shape index (κ2) is 6.79. The molecule has 3 heterocycles. The van der Waals surface area contributed by atoms with Crippen LogP contribution in [0.3, 0.4) is 0 Å². The van der Waals surface area contributed by atoms with Crippen molar-refractivity contribution in [1.82, 2.24) is 24.9 Å². The number of carbonyl (C=O) groups is 1. The van der Waals surface area contributed by atoms with Crippen molar-refractivity contribution in [2.45, 2.75) is 52.4 Å². The fourth-order valence-electron chi connectivity index (χ4n) is 3.66. The number of hydrogen-bond donors (Lipinski definition) is 1. The van der Waals surface area contributed by atoms with Gasteiger partial charge in [0.25, 0.3) is 0 Å². The molecule has 3 rings (SSSR count). The molecule has 130 valence electrons. The molecule has 0 bridgehead atoms. The van der Waals surface area contributed by atoms with E-state index < -0.39 is 0 Å². The zero-order valence-corrected chi connectivity index (χ0v) is 15.1. The number of carbonyl (C=O) groups excluding carboxylic acids is 1. The van der Waals surface area contributed by atoms with Gasteiger partial charge in [0.2, 0.25) is 5.91 Å². The number of likely N-dealkylation sites (tertiary alicyclic amines) is 1. The maximum Gasteiger partial charge on any atom is 0.222 e. The molecule has 1 fully saturated rings. The van der Waals surface area contributed by atoms with Crippen molar-refractivity contribution in [3.05, 3.63) is 34.4 Å². The first-order valence-corrected chi connectivity index (χ1v) is 8.74. The molecule has 2 aromatic heterocycles. The minimum Gasteiger partial charge on any atom is -0.342 e. The van der Waals surface area contributed by atoms with E-state index in [0.717, 1.165) is 55.1 Å². The number of nitrogens with zero attached hydrogens (tertiary/aromatic N) is 4. The van der Waals surface area contributed by atoms with Crippen LogP contribution in [0.2, 0.25) is 0 Å². The van der Waals surface area contributed by atoms with E-state index in [0.29, 0.717) is 12.3 Å². The molecule has 0 spiro atoms. The van der Waals surface area contributed by atoms with E-state index in [1.54, 1.807) is 0 Å². The molecule has 6 nitrogen and oxygen atoms in total. The SMILES string of the molecule is Cc1cc([C@H]2CCCN(C(=O)CCc3c(C)nn(C)c3C)C2)n[nH]1. The molecule has 24 heavy (non-hydrogen) atoms. The fourth-order valence-corrected chi connectivity index (χ4v) is 3.66. The molecule has 1 saturated heterocycles. The van der Waals surface area contributed by atoms with Crippen molar-refractivity contribution < 1.29 is 4.79 Å². The van der Waals surface area contributed by atoms with Gasteiger partial charge in [-0.05, 0) is 51.7 Å². The van der Waals surface area contributed by atoms with Crippen molar-refractivity contribution in [1.29, 1.82) is 0 Å². The van der Waals surface area contributed by atoms with Crippen LogP contribution in [0, 0.1) is 20.8 Å². The molecule has 1 N–H and O–H groups in total. The Balaban J connectivity index is 1.60. The number of piperidine rings is 1. The smallest absolute Gasteiger partial charge is 0.222 e. The Morgan fingerprint density at radius 3 is 2.79 bits per heavy atom. The lowest BCUT2D eigenvalue weighted by atomic mass is 9.94. The van der Waals surface area contributed by atoms with E-state index in [-0.39, 0.29) is 5.91 Å². The normalized spacial score (nSPS) is 18.2. The van der Waals surface area contributed by atoms with Crippen LogP contribution in [-0.4, -0.2) is 43.9 Å². The minimum atomic E-state index is 0.245. The lowest BCUT2D eigenvalue weighted by molar-refractivity contribution is -0.132. The van der Waals surface area contributed by atoms with Crippen LogP contribution < -0.4 is 0 Å². The Kier molecular flexibility index (Phi) is 4.73. The third-order valence-electron chi connectivity index (χ3n) is 5.17. The summed E-state index contributed by atoms with van der Waals surface area (Å²) in [5, 5.41) is 11.8. The summed E-state index contributed by atoms with van der Waals surface area (Å²) < 4.78 is 1.89. The first-order valence-electron chi connectivity index (χ1n) is 8.74. The van der Waals surface area contributed by atoms with Gasteiger partial charge < -0.3 is 4.90 Å². The lowest BCUT2D eigenvalue weighted by Crippen LogP contribution is -2.39. The van der Waals surface area contributed by atoms with Crippen molar-refractivity contribution in [2.75, 3.05) is 13.1 Å². The molecular formula is C18H27N5O. The van der Waals surface area contributed by atoms with Crippen LogP contribution >= 0.6 is 0 Å². The van der Waals surface area contributed by atoms with Crippen molar-refractivity contribution in [3.8, 4) is 0 Å². The number of aromatic nitrogens is 4. The average Bonchev–Trinajstić information content (AvgIpc) is 3.10. The highest BCUT2D eigenvalue weighted by Crippen LogP contribution is 2.26.